The molecule has 0 aliphatic heterocycles. The molecule has 0 atom stereocenters. The van der Waals surface area contributed by atoms with Crippen LogP contribution in [-0.4, -0.2) is 21.8 Å². The minimum Gasteiger partial charge on any atom is -0.309 e. The van der Waals surface area contributed by atoms with Crippen LogP contribution in [0.4, 0.5) is 0 Å². The number of hydrogen-bond acceptors (Lipinski definition) is 0. The molecule has 0 bridgehead atoms. The van der Waals surface area contributed by atoms with Crippen LogP contribution in [0.2, 0.25) is 0 Å². The van der Waals surface area contributed by atoms with E-state index in [9.17, 15) is 0 Å². The van der Waals surface area contributed by atoms with E-state index in [-0.39, 0.29) is 0 Å². The second-order valence-corrected chi connectivity index (χ2v) is 20.6. The van der Waals surface area contributed by atoms with Gasteiger partial charge in [0.25, 0.3) is 0 Å². The van der Waals surface area contributed by atoms with Gasteiger partial charge >= 0.3 is 0 Å². The fourth-order valence-electron chi connectivity index (χ4n) is 11.0. The molecule has 3 nitrogen and oxygen atoms in total. The van der Waals surface area contributed by atoms with Crippen molar-refractivity contribution in [3.05, 3.63) is 249 Å². The molecule has 13 rings (SSSR count). The van der Waals surface area contributed by atoms with Crippen molar-refractivity contribution in [3.63, 3.8) is 0 Å². The van der Waals surface area contributed by atoms with Gasteiger partial charge in [0.2, 0.25) is 0 Å². The van der Waals surface area contributed by atoms with Gasteiger partial charge in [-0.15, -0.1) is 0 Å². The van der Waals surface area contributed by atoms with Gasteiger partial charge < -0.3 is 13.7 Å². The second kappa shape index (κ2) is 14.5. The number of nitrogens with zero attached hydrogens (tertiary/aromatic N) is 3. The van der Waals surface area contributed by atoms with E-state index in [4.69, 9.17) is 0 Å². The van der Waals surface area contributed by atoms with Crippen molar-refractivity contribution >= 4 is 94.2 Å². The third-order valence-electron chi connectivity index (χ3n) is 13.6. The zero-order valence-corrected chi connectivity index (χ0v) is 36.0. The quantitative estimate of drug-likeness (QED) is 0.112. The molecule has 0 saturated heterocycles. The van der Waals surface area contributed by atoms with E-state index in [0.717, 1.165) is 22.6 Å². The number of benzene rings is 10. The van der Waals surface area contributed by atoms with E-state index in [2.05, 4.69) is 262 Å². The topological polar surface area (TPSA) is 14.8 Å². The highest BCUT2D eigenvalue weighted by Crippen LogP contribution is 2.43. The van der Waals surface area contributed by atoms with Crippen molar-refractivity contribution in [1.82, 2.24) is 13.7 Å². The maximum atomic E-state index is 2.55. The first kappa shape index (κ1) is 36.5. The average Bonchev–Trinajstić information content (AvgIpc) is 4.01. The minimum absolute atomic E-state index is 1.13. The van der Waals surface area contributed by atoms with Gasteiger partial charge in [0.15, 0.2) is 8.07 Å². The Kier molecular flexibility index (Phi) is 8.23. The molecule has 0 spiro atoms. The van der Waals surface area contributed by atoms with Crippen LogP contribution in [-0.2, 0) is 0 Å². The van der Waals surface area contributed by atoms with Crippen LogP contribution in [0.3, 0.4) is 0 Å². The van der Waals surface area contributed by atoms with E-state index < -0.39 is 8.07 Å². The molecular weight excluding hydrogens is 791 g/mol. The van der Waals surface area contributed by atoms with Crippen molar-refractivity contribution in [2.45, 2.75) is 0 Å². The molecule has 10 aromatic carbocycles. The van der Waals surface area contributed by atoms with Crippen molar-refractivity contribution in [2.24, 2.45) is 0 Å². The summed E-state index contributed by atoms with van der Waals surface area (Å²) < 4.78 is 7.52. The number of fused-ring (bicyclic) bond motifs is 9. The van der Waals surface area contributed by atoms with E-state index in [0.29, 0.717) is 0 Å². The molecule has 3 heterocycles. The SMILES string of the molecule is c1ccc(-n2c3cccc(-n4c5ccccc5c5ccc([Si](c6ccccc6)(c6ccccc6)c6ccccc6)cc54)c3c3cccc(-n4c5ccccc5c5ccccc54)c32)cc1. The van der Waals surface area contributed by atoms with E-state index in [1.54, 1.807) is 0 Å². The number of hydrogen-bond donors (Lipinski definition) is 0. The molecule has 0 unspecified atom stereocenters. The van der Waals surface area contributed by atoms with Gasteiger partial charge in [0.05, 0.1) is 44.5 Å². The Balaban J connectivity index is 1.17. The number of para-hydroxylation sites is 5. The molecule has 0 amide bonds. The molecule has 0 radical (unpaired) electrons. The van der Waals surface area contributed by atoms with Crippen LogP contribution in [0, 0.1) is 0 Å². The summed E-state index contributed by atoms with van der Waals surface area (Å²) in [6.45, 7) is 0. The normalized spacial score (nSPS) is 12.1. The molecule has 0 aliphatic rings. The van der Waals surface area contributed by atoms with Crippen LogP contribution in [0.15, 0.2) is 249 Å². The summed E-state index contributed by atoms with van der Waals surface area (Å²) in [5, 5.41) is 12.8. The van der Waals surface area contributed by atoms with Crippen LogP contribution < -0.4 is 20.7 Å². The fourth-order valence-corrected chi connectivity index (χ4v) is 15.8. The summed E-state index contributed by atoms with van der Waals surface area (Å²) in [6, 6.07) is 92.3. The average molecular weight is 832 g/mol. The van der Waals surface area contributed by atoms with Gasteiger partial charge in [0.1, 0.15) is 0 Å². The zero-order chi connectivity index (χ0) is 42.2. The third kappa shape index (κ3) is 5.21. The van der Waals surface area contributed by atoms with Crippen LogP contribution >= 0.6 is 0 Å². The van der Waals surface area contributed by atoms with Gasteiger partial charge in [-0.05, 0) is 75.3 Å². The highest BCUT2D eigenvalue weighted by molar-refractivity contribution is 7.20. The lowest BCUT2D eigenvalue weighted by Gasteiger charge is -2.34. The summed E-state index contributed by atoms with van der Waals surface area (Å²) in [7, 11) is -2.83. The molecule has 0 fully saturated rings. The van der Waals surface area contributed by atoms with Crippen LogP contribution in [0.25, 0.3) is 82.5 Å². The first-order valence-electron chi connectivity index (χ1n) is 22.1. The predicted molar refractivity (Wildman–Crippen MR) is 273 cm³/mol. The van der Waals surface area contributed by atoms with Crippen molar-refractivity contribution in [1.29, 1.82) is 0 Å². The predicted octanol–water partition coefficient (Wildman–Crippen LogP) is 12.4. The van der Waals surface area contributed by atoms with Crippen molar-refractivity contribution in [2.75, 3.05) is 0 Å². The smallest absolute Gasteiger partial charge is 0.179 e. The minimum atomic E-state index is -2.83. The summed E-state index contributed by atoms with van der Waals surface area (Å²) in [6.07, 6.45) is 0. The largest absolute Gasteiger partial charge is 0.309 e. The Labute approximate surface area is 372 Å². The van der Waals surface area contributed by atoms with Gasteiger partial charge in [-0.1, -0.05) is 194 Å². The van der Waals surface area contributed by atoms with E-state index in [1.165, 1.54) is 80.6 Å². The molecule has 0 saturated carbocycles. The Hall–Kier alpha value is -8.18. The molecule has 13 aromatic rings. The van der Waals surface area contributed by atoms with Crippen molar-refractivity contribution in [3.8, 4) is 17.1 Å². The molecular formula is C60H41N3Si. The van der Waals surface area contributed by atoms with E-state index >= 15 is 0 Å². The molecule has 0 aliphatic carbocycles. The fraction of sp³-hybridized carbons (Fsp3) is 0. The lowest BCUT2D eigenvalue weighted by Crippen LogP contribution is -2.74. The number of aromatic nitrogens is 3. The monoisotopic (exact) mass is 831 g/mol. The lowest BCUT2D eigenvalue weighted by molar-refractivity contribution is 1.13. The molecule has 4 heteroatoms. The third-order valence-corrected chi connectivity index (χ3v) is 18.3. The summed E-state index contributed by atoms with van der Waals surface area (Å²) in [5.41, 5.74) is 10.5. The zero-order valence-electron chi connectivity index (χ0n) is 35.0. The highest BCUT2D eigenvalue weighted by atomic mass is 28.3. The first-order chi connectivity index (χ1) is 31.8. The standard InChI is InChI=1S/C60H41N3Si/c1-5-21-42(22-6-1)61-55-36-20-37-56(59(55)51-32-19-38-57(60(51)61)62-52-33-16-13-29-47(52)48-30-14-17-34-53(48)62)63-54-35-18-15-31-49(54)50-40-39-46(41-58(50)63)64(43-23-7-2-8-24-43,44-25-9-3-10-26-44)45-27-11-4-12-28-45/h1-41H. The lowest BCUT2D eigenvalue weighted by atomic mass is 10.1. The maximum Gasteiger partial charge on any atom is 0.179 e. The van der Waals surface area contributed by atoms with Crippen LogP contribution in [0.5, 0.6) is 0 Å². The summed E-state index contributed by atoms with van der Waals surface area (Å²) in [4.78, 5) is 0. The molecule has 3 aromatic heterocycles. The summed E-state index contributed by atoms with van der Waals surface area (Å²) >= 11 is 0. The Morgan fingerprint density at radius 3 is 1.20 bits per heavy atom. The Bertz CT molecular complexity index is 3730. The molecule has 64 heavy (non-hydrogen) atoms. The maximum absolute atomic E-state index is 2.83. The van der Waals surface area contributed by atoms with Gasteiger partial charge in [-0.25, -0.2) is 0 Å². The highest BCUT2D eigenvalue weighted by Gasteiger charge is 2.41. The van der Waals surface area contributed by atoms with Crippen LogP contribution in [0.1, 0.15) is 0 Å². The van der Waals surface area contributed by atoms with E-state index in [1.807, 2.05) is 0 Å². The number of rotatable bonds is 7. The second-order valence-electron chi connectivity index (χ2n) is 16.8. The van der Waals surface area contributed by atoms with Gasteiger partial charge in [-0.3, -0.25) is 0 Å². The van der Waals surface area contributed by atoms with Crippen molar-refractivity contribution < 1.29 is 0 Å². The Morgan fingerprint density at radius 1 is 0.250 bits per heavy atom. The van der Waals surface area contributed by atoms with Gasteiger partial charge in [0, 0.05) is 38.0 Å². The van der Waals surface area contributed by atoms with Gasteiger partial charge in [-0.2, -0.15) is 0 Å². The Morgan fingerprint density at radius 2 is 0.656 bits per heavy atom. The summed E-state index contributed by atoms with van der Waals surface area (Å²) in [5.74, 6) is 0. The molecule has 0 N–H and O–H groups in total. The first-order valence-corrected chi connectivity index (χ1v) is 24.1. The molecule has 300 valence electrons.